The highest BCUT2D eigenvalue weighted by atomic mass is 19.1. The zero-order chi connectivity index (χ0) is 29.5. The van der Waals surface area contributed by atoms with Gasteiger partial charge in [0.05, 0.1) is 18.9 Å². The fourth-order valence-corrected chi connectivity index (χ4v) is 4.81. The van der Waals surface area contributed by atoms with E-state index in [0.29, 0.717) is 66.6 Å². The van der Waals surface area contributed by atoms with E-state index in [0.717, 1.165) is 5.56 Å². The number of benzene rings is 3. The highest BCUT2D eigenvalue weighted by Crippen LogP contribution is 2.27. The van der Waals surface area contributed by atoms with Gasteiger partial charge in [-0.3, -0.25) is 14.4 Å². The number of carbonyl (C=O) groups excluding carboxylic acids is 3. The van der Waals surface area contributed by atoms with Gasteiger partial charge in [-0.1, -0.05) is 12.1 Å². The number of nitrogens with one attached hydrogen (secondary N) is 2. The Morgan fingerprint density at radius 1 is 0.905 bits per heavy atom. The molecule has 5 rings (SSSR count). The summed E-state index contributed by atoms with van der Waals surface area (Å²) >= 11 is 0. The monoisotopic (exact) mass is 570 g/mol. The molecule has 3 amide bonds. The molecule has 0 spiro atoms. The van der Waals surface area contributed by atoms with Gasteiger partial charge < -0.3 is 29.6 Å². The standard InChI is InChI=1S/C32H31FN4O5/c1-41-26-12-7-23(8-13-26)30(38)35-25-11-14-28(27(20-25)31(39)34-21-22-5-9-24(33)10-6-22)36-15-3-16-37(18-17-36)32(40)29-4-2-19-42-29/h2,4-14,19-20H,3,15-18,21H2,1H3,(H,34,39)(H,35,38). The van der Waals surface area contributed by atoms with Crippen molar-refractivity contribution in [2.24, 2.45) is 0 Å². The van der Waals surface area contributed by atoms with E-state index in [4.69, 9.17) is 9.15 Å². The fourth-order valence-electron chi connectivity index (χ4n) is 4.81. The first-order valence-electron chi connectivity index (χ1n) is 13.6. The lowest BCUT2D eigenvalue weighted by Crippen LogP contribution is -2.35. The normalized spacial score (nSPS) is 13.3. The van der Waals surface area contributed by atoms with E-state index in [2.05, 4.69) is 15.5 Å². The van der Waals surface area contributed by atoms with E-state index in [1.165, 1.54) is 18.4 Å². The van der Waals surface area contributed by atoms with Crippen LogP contribution in [0.15, 0.2) is 89.5 Å². The number of amides is 3. The van der Waals surface area contributed by atoms with Crippen LogP contribution in [0.3, 0.4) is 0 Å². The topological polar surface area (TPSA) is 104 Å². The van der Waals surface area contributed by atoms with E-state index in [1.54, 1.807) is 78.7 Å². The molecular formula is C32H31FN4O5. The second-order valence-corrected chi connectivity index (χ2v) is 9.83. The molecule has 3 aromatic carbocycles. The molecule has 1 fully saturated rings. The molecule has 0 atom stereocenters. The van der Waals surface area contributed by atoms with Crippen LogP contribution >= 0.6 is 0 Å². The molecule has 0 bridgehead atoms. The van der Waals surface area contributed by atoms with Crippen LogP contribution in [0.25, 0.3) is 0 Å². The number of hydrogen-bond donors (Lipinski definition) is 2. The Kier molecular flexibility index (Phi) is 8.81. The summed E-state index contributed by atoms with van der Waals surface area (Å²) in [5.74, 6) is -0.268. The Morgan fingerprint density at radius 2 is 1.69 bits per heavy atom. The number of rotatable bonds is 8. The summed E-state index contributed by atoms with van der Waals surface area (Å²) in [5.41, 5.74) is 2.70. The maximum atomic E-state index is 13.5. The van der Waals surface area contributed by atoms with E-state index >= 15 is 0 Å². The van der Waals surface area contributed by atoms with Gasteiger partial charge in [-0.25, -0.2) is 4.39 Å². The SMILES string of the molecule is COc1ccc(C(=O)Nc2ccc(N3CCCN(C(=O)c4ccco4)CC3)c(C(=O)NCc3ccc(F)cc3)c2)cc1. The van der Waals surface area contributed by atoms with Crippen LogP contribution in [0.2, 0.25) is 0 Å². The van der Waals surface area contributed by atoms with Crippen LogP contribution in [0, 0.1) is 5.82 Å². The van der Waals surface area contributed by atoms with Crippen molar-refractivity contribution in [3.63, 3.8) is 0 Å². The predicted molar refractivity (Wildman–Crippen MR) is 156 cm³/mol. The van der Waals surface area contributed by atoms with Crippen LogP contribution in [-0.2, 0) is 6.54 Å². The first-order chi connectivity index (χ1) is 20.4. The number of methoxy groups -OCH3 is 1. The maximum absolute atomic E-state index is 13.5. The van der Waals surface area contributed by atoms with Crippen molar-refractivity contribution >= 4 is 29.1 Å². The minimum absolute atomic E-state index is 0.171. The third-order valence-electron chi connectivity index (χ3n) is 7.07. The van der Waals surface area contributed by atoms with E-state index < -0.39 is 0 Å². The minimum atomic E-state index is -0.353. The number of halogens is 1. The van der Waals surface area contributed by atoms with Crippen molar-refractivity contribution < 1.29 is 27.9 Å². The van der Waals surface area contributed by atoms with Crippen molar-refractivity contribution in [1.82, 2.24) is 10.2 Å². The Labute approximate surface area is 242 Å². The second-order valence-electron chi connectivity index (χ2n) is 9.83. The Hall–Kier alpha value is -5.12. The summed E-state index contributed by atoms with van der Waals surface area (Å²) in [5, 5.41) is 5.78. The molecule has 0 saturated carbocycles. The molecule has 2 N–H and O–H groups in total. The quantitative estimate of drug-likeness (QED) is 0.310. The van der Waals surface area contributed by atoms with Gasteiger partial charge in [0.1, 0.15) is 11.6 Å². The smallest absolute Gasteiger partial charge is 0.289 e. The number of nitrogens with zero attached hydrogens (tertiary/aromatic N) is 2. The van der Waals surface area contributed by atoms with Crippen LogP contribution in [0.1, 0.15) is 43.3 Å². The highest BCUT2D eigenvalue weighted by molar-refractivity contribution is 6.06. The summed E-state index contributed by atoms with van der Waals surface area (Å²) in [6.45, 7) is 2.33. The van der Waals surface area contributed by atoms with Crippen molar-refractivity contribution in [3.05, 3.63) is 113 Å². The van der Waals surface area contributed by atoms with Crippen molar-refractivity contribution in [2.45, 2.75) is 13.0 Å². The molecule has 42 heavy (non-hydrogen) atoms. The third-order valence-corrected chi connectivity index (χ3v) is 7.07. The molecule has 0 unspecified atom stereocenters. The molecule has 10 heteroatoms. The summed E-state index contributed by atoms with van der Waals surface area (Å²) in [6, 6.07) is 21.2. The largest absolute Gasteiger partial charge is 0.497 e. The molecular weight excluding hydrogens is 539 g/mol. The molecule has 216 valence electrons. The molecule has 1 aliphatic rings. The van der Waals surface area contributed by atoms with E-state index in [1.807, 2.05) is 0 Å². The van der Waals surface area contributed by atoms with Gasteiger partial charge in [-0.2, -0.15) is 0 Å². The number of furan rings is 1. The molecule has 1 saturated heterocycles. The Bertz CT molecular complexity index is 1540. The predicted octanol–water partition coefficient (Wildman–Crippen LogP) is 4.96. The maximum Gasteiger partial charge on any atom is 0.289 e. The zero-order valence-corrected chi connectivity index (χ0v) is 23.1. The lowest BCUT2D eigenvalue weighted by atomic mass is 10.1. The fraction of sp³-hybridized carbons (Fsp3) is 0.219. The molecule has 0 radical (unpaired) electrons. The Balaban J connectivity index is 1.36. The van der Waals surface area contributed by atoms with E-state index in [-0.39, 0.29) is 30.1 Å². The van der Waals surface area contributed by atoms with Gasteiger partial charge in [-0.15, -0.1) is 0 Å². The average molecular weight is 571 g/mol. The average Bonchev–Trinajstić information content (AvgIpc) is 3.45. The van der Waals surface area contributed by atoms with Crippen LogP contribution in [0.5, 0.6) is 5.75 Å². The van der Waals surface area contributed by atoms with Crippen LogP contribution in [-0.4, -0.2) is 55.9 Å². The van der Waals surface area contributed by atoms with Gasteiger partial charge in [0.25, 0.3) is 17.7 Å². The van der Waals surface area contributed by atoms with Gasteiger partial charge in [0, 0.05) is 49.7 Å². The summed E-state index contributed by atoms with van der Waals surface area (Å²) in [7, 11) is 1.55. The third kappa shape index (κ3) is 6.77. The lowest BCUT2D eigenvalue weighted by Gasteiger charge is -2.26. The summed E-state index contributed by atoms with van der Waals surface area (Å²) in [4.78, 5) is 43.1. The molecule has 1 aromatic heterocycles. The van der Waals surface area contributed by atoms with Gasteiger partial charge in [0.15, 0.2) is 5.76 Å². The van der Waals surface area contributed by atoms with E-state index in [9.17, 15) is 18.8 Å². The lowest BCUT2D eigenvalue weighted by molar-refractivity contribution is 0.0734. The zero-order valence-electron chi connectivity index (χ0n) is 23.1. The second kappa shape index (κ2) is 13.0. The van der Waals surface area contributed by atoms with Gasteiger partial charge >= 0.3 is 0 Å². The minimum Gasteiger partial charge on any atom is -0.497 e. The van der Waals surface area contributed by atoms with Gasteiger partial charge in [-0.05, 0) is 78.7 Å². The molecule has 0 aliphatic carbocycles. The first-order valence-corrected chi connectivity index (χ1v) is 13.6. The van der Waals surface area contributed by atoms with Crippen LogP contribution < -0.4 is 20.3 Å². The first kappa shape index (κ1) is 28.4. The number of ether oxygens (including phenoxy) is 1. The Morgan fingerprint density at radius 3 is 2.40 bits per heavy atom. The summed E-state index contributed by atoms with van der Waals surface area (Å²) < 4.78 is 23.8. The van der Waals surface area contributed by atoms with Gasteiger partial charge in [0.2, 0.25) is 0 Å². The van der Waals surface area contributed by atoms with Crippen molar-refractivity contribution in [3.8, 4) is 5.75 Å². The van der Waals surface area contributed by atoms with Crippen molar-refractivity contribution in [1.29, 1.82) is 0 Å². The number of hydrogen-bond acceptors (Lipinski definition) is 6. The molecule has 4 aromatic rings. The molecule has 1 aliphatic heterocycles. The molecule has 2 heterocycles. The molecule has 9 nitrogen and oxygen atoms in total. The summed E-state index contributed by atoms with van der Waals surface area (Å²) in [6.07, 6.45) is 2.17. The number of anilines is 2. The van der Waals surface area contributed by atoms with Crippen LogP contribution in [0.4, 0.5) is 15.8 Å². The number of carbonyl (C=O) groups is 3. The highest BCUT2D eigenvalue weighted by Gasteiger charge is 2.25. The van der Waals surface area contributed by atoms with Crippen molar-refractivity contribution in [2.75, 3.05) is 43.5 Å².